The lowest BCUT2D eigenvalue weighted by atomic mass is 10.2. The summed E-state index contributed by atoms with van der Waals surface area (Å²) >= 11 is 0. The molecule has 4 aromatic rings. The van der Waals surface area contributed by atoms with Crippen LogP contribution in [0.5, 0.6) is 5.75 Å². The molecule has 0 spiro atoms. The summed E-state index contributed by atoms with van der Waals surface area (Å²) in [5.74, 6) is -1.37. The van der Waals surface area contributed by atoms with Gasteiger partial charge < -0.3 is 15.4 Å². The van der Waals surface area contributed by atoms with E-state index in [2.05, 4.69) is 41.0 Å². The van der Waals surface area contributed by atoms with Gasteiger partial charge in [-0.3, -0.25) is 19.3 Å². The van der Waals surface area contributed by atoms with E-state index in [-0.39, 0.29) is 55.3 Å². The summed E-state index contributed by atoms with van der Waals surface area (Å²) in [5.41, 5.74) is -0.512. The molecule has 3 aromatic heterocycles. The molecule has 0 radical (unpaired) electrons. The molecule has 3 heterocycles. The van der Waals surface area contributed by atoms with Crippen molar-refractivity contribution in [2.75, 3.05) is 0 Å². The molecule has 18 heteroatoms. The van der Waals surface area contributed by atoms with Crippen LogP contribution >= 0.6 is 0 Å². The molecule has 12 nitrogen and oxygen atoms in total. The van der Waals surface area contributed by atoms with E-state index in [1.165, 1.54) is 41.5 Å². The Balaban J connectivity index is 1.21. The first-order valence-electron chi connectivity index (χ1n) is 12.9. The number of aryl methyl sites for hydroxylation is 1. The molecule has 234 valence electrons. The second kappa shape index (κ2) is 13.5. The topological polar surface area (TPSA) is 142 Å². The van der Waals surface area contributed by atoms with Gasteiger partial charge >= 0.3 is 12.3 Å². The molecule has 44 heavy (non-hydrogen) atoms. The summed E-state index contributed by atoms with van der Waals surface area (Å²) in [6.45, 7) is 0.168. The number of aromatic nitrogens is 7. The van der Waals surface area contributed by atoms with Gasteiger partial charge in [-0.25, -0.2) is 9.07 Å². The predicted molar refractivity (Wildman–Crippen MR) is 139 cm³/mol. The standard InChI is InChI=1S/C26H25F6N9O3/c1-25(28,29)44-20-4-2-3-16(8-20)10-34-24(43)22-15-41(39-37-22)13-19(27)5-6-40-14-21(36-38-40)23(42)35-11-17-7-18(12-33-9-17)26(30,31)32/h2-4,7-9,12,14-15,19H,5-6,10-11,13H2,1H3,(H,34,43)(H,35,42). The van der Waals surface area contributed by atoms with Crippen molar-refractivity contribution in [2.45, 2.75) is 58.0 Å². The second-order valence-corrected chi connectivity index (χ2v) is 9.58. The molecule has 2 amide bonds. The number of pyridine rings is 1. The Morgan fingerprint density at radius 1 is 0.909 bits per heavy atom. The summed E-state index contributed by atoms with van der Waals surface area (Å²) in [5, 5.41) is 19.9. The summed E-state index contributed by atoms with van der Waals surface area (Å²) in [6.07, 6.45) is -5.05. The number of nitrogens with zero attached hydrogens (tertiary/aromatic N) is 7. The average Bonchev–Trinajstić information content (AvgIpc) is 3.63. The third kappa shape index (κ3) is 9.50. The lowest BCUT2D eigenvalue weighted by Crippen LogP contribution is -2.23. The number of hydrogen-bond donors (Lipinski definition) is 2. The number of hydrogen-bond acceptors (Lipinski definition) is 8. The van der Waals surface area contributed by atoms with Crippen molar-refractivity contribution < 1.29 is 40.7 Å². The third-order valence-corrected chi connectivity index (χ3v) is 5.82. The average molecular weight is 626 g/mol. The zero-order valence-corrected chi connectivity index (χ0v) is 22.9. The van der Waals surface area contributed by atoms with Crippen LogP contribution in [0.15, 0.2) is 55.1 Å². The molecule has 0 fully saturated rings. The molecule has 1 atom stereocenters. The Bertz CT molecular complexity index is 1590. The first-order chi connectivity index (χ1) is 20.7. The maximum absolute atomic E-state index is 14.6. The number of halogens is 6. The van der Waals surface area contributed by atoms with Crippen LogP contribution in [0.4, 0.5) is 26.3 Å². The molecule has 4 rings (SSSR count). The highest BCUT2D eigenvalue weighted by Gasteiger charge is 2.31. The maximum atomic E-state index is 14.6. The van der Waals surface area contributed by atoms with E-state index in [1.807, 2.05) is 0 Å². The molecule has 0 aliphatic rings. The van der Waals surface area contributed by atoms with E-state index in [0.29, 0.717) is 18.7 Å². The Hall–Kier alpha value is -5.03. The van der Waals surface area contributed by atoms with E-state index < -0.39 is 35.8 Å². The molecule has 0 aliphatic carbocycles. The van der Waals surface area contributed by atoms with E-state index in [9.17, 15) is 35.9 Å². The van der Waals surface area contributed by atoms with Crippen molar-refractivity contribution in [1.82, 2.24) is 45.6 Å². The van der Waals surface area contributed by atoms with Crippen molar-refractivity contribution in [1.29, 1.82) is 0 Å². The number of nitrogens with one attached hydrogen (secondary N) is 2. The van der Waals surface area contributed by atoms with Gasteiger partial charge in [-0.15, -0.1) is 10.2 Å². The number of rotatable bonds is 13. The molecular weight excluding hydrogens is 600 g/mol. The van der Waals surface area contributed by atoms with Crippen molar-refractivity contribution in [2.24, 2.45) is 0 Å². The zero-order valence-electron chi connectivity index (χ0n) is 22.9. The zero-order chi connectivity index (χ0) is 31.9. The van der Waals surface area contributed by atoms with Gasteiger partial charge in [0.15, 0.2) is 11.4 Å². The largest absolute Gasteiger partial charge is 0.433 e. The van der Waals surface area contributed by atoms with Crippen LogP contribution in [0.2, 0.25) is 0 Å². The van der Waals surface area contributed by atoms with Crippen molar-refractivity contribution >= 4 is 11.8 Å². The Morgan fingerprint density at radius 3 is 2.20 bits per heavy atom. The van der Waals surface area contributed by atoms with Gasteiger partial charge in [-0.1, -0.05) is 22.6 Å². The Labute approximate surface area is 245 Å². The van der Waals surface area contributed by atoms with Gasteiger partial charge in [0.2, 0.25) is 0 Å². The quantitative estimate of drug-likeness (QED) is 0.215. The van der Waals surface area contributed by atoms with Crippen molar-refractivity contribution in [3.8, 4) is 5.75 Å². The van der Waals surface area contributed by atoms with Gasteiger partial charge in [0.05, 0.1) is 24.5 Å². The molecule has 0 aliphatic heterocycles. The number of alkyl halides is 6. The minimum atomic E-state index is -4.57. The van der Waals surface area contributed by atoms with E-state index in [1.54, 1.807) is 6.07 Å². The van der Waals surface area contributed by atoms with Crippen LogP contribution in [0.3, 0.4) is 0 Å². The summed E-state index contributed by atoms with van der Waals surface area (Å²) < 4.78 is 86.1. The fourth-order valence-electron chi connectivity index (χ4n) is 3.78. The lowest BCUT2D eigenvalue weighted by Gasteiger charge is -2.13. The van der Waals surface area contributed by atoms with Gasteiger partial charge in [0.1, 0.15) is 11.9 Å². The molecule has 2 N–H and O–H groups in total. The highest BCUT2D eigenvalue weighted by Crippen LogP contribution is 2.29. The number of amides is 2. The minimum absolute atomic E-state index is 0.00964. The van der Waals surface area contributed by atoms with E-state index in [4.69, 9.17) is 0 Å². The number of benzene rings is 1. The second-order valence-electron chi connectivity index (χ2n) is 9.58. The molecule has 1 aromatic carbocycles. The fraction of sp³-hybridized carbons (Fsp3) is 0.346. The van der Waals surface area contributed by atoms with Crippen LogP contribution in [0.25, 0.3) is 0 Å². The number of ether oxygens (including phenoxy) is 1. The van der Waals surface area contributed by atoms with Crippen molar-refractivity contribution in [3.63, 3.8) is 0 Å². The summed E-state index contributed by atoms with van der Waals surface area (Å²) in [6, 6.07) is 6.68. The van der Waals surface area contributed by atoms with Gasteiger partial charge in [0.25, 0.3) is 11.8 Å². The molecule has 1 unspecified atom stereocenters. The van der Waals surface area contributed by atoms with E-state index in [0.717, 1.165) is 10.7 Å². The van der Waals surface area contributed by atoms with Crippen LogP contribution in [-0.2, 0) is 32.4 Å². The van der Waals surface area contributed by atoms with Gasteiger partial charge in [-0.2, -0.15) is 22.0 Å². The number of carbonyl (C=O) groups is 2. The van der Waals surface area contributed by atoms with Crippen LogP contribution in [-0.4, -0.2) is 59.1 Å². The first-order valence-corrected chi connectivity index (χ1v) is 12.9. The molecule has 0 saturated heterocycles. The highest BCUT2D eigenvalue weighted by atomic mass is 19.4. The highest BCUT2D eigenvalue weighted by molar-refractivity contribution is 5.92. The minimum Gasteiger partial charge on any atom is -0.433 e. The third-order valence-electron chi connectivity index (χ3n) is 5.82. The summed E-state index contributed by atoms with van der Waals surface area (Å²) in [7, 11) is 0. The molecule has 0 bridgehead atoms. The Kier molecular flexibility index (Phi) is 9.80. The van der Waals surface area contributed by atoms with Crippen LogP contribution in [0.1, 0.15) is 51.0 Å². The monoisotopic (exact) mass is 625 g/mol. The Morgan fingerprint density at radius 2 is 1.55 bits per heavy atom. The fourth-order valence-corrected chi connectivity index (χ4v) is 3.78. The van der Waals surface area contributed by atoms with Crippen LogP contribution < -0.4 is 15.4 Å². The lowest BCUT2D eigenvalue weighted by molar-refractivity contribution is -0.159. The normalized spacial score (nSPS) is 12.5. The first kappa shape index (κ1) is 31.9. The molecule has 0 saturated carbocycles. The maximum Gasteiger partial charge on any atom is 0.417 e. The van der Waals surface area contributed by atoms with Gasteiger partial charge in [-0.05, 0) is 29.3 Å². The molecular formula is C26H25F6N9O3. The van der Waals surface area contributed by atoms with Gasteiger partial charge in [0, 0.05) is 45.4 Å². The van der Waals surface area contributed by atoms with Crippen molar-refractivity contribution in [3.05, 3.63) is 83.2 Å². The SMILES string of the molecule is CC(F)(F)Oc1cccc(CNC(=O)c2cn(CC(F)CCn3cc(C(=O)NCc4cncc(C(F)(F)F)c4)nn3)nn2)c1. The predicted octanol–water partition coefficient (Wildman–Crippen LogP) is 3.56. The smallest absolute Gasteiger partial charge is 0.417 e. The van der Waals surface area contributed by atoms with E-state index >= 15 is 0 Å². The summed E-state index contributed by atoms with van der Waals surface area (Å²) in [4.78, 5) is 28.2. The van der Waals surface area contributed by atoms with Crippen LogP contribution in [0, 0.1) is 0 Å². The number of carbonyl (C=O) groups excluding carboxylic acids is 2.